The second-order valence-corrected chi connectivity index (χ2v) is 6.19. The van der Waals surface area contributed by atoms with Crippen LogP contribution in [0.1, 0.15) is 70.7 Å². The van der Waals surface area contributed by atoms with E-state index in [1.807, 2.05) is 6.20 Å². The first-order valence-electron chi connectivity index (χ1n) is 8.27. The minimum absolute atomic E-state index is 0.208. The summed E-state index contributed by atoms with van der Waals surface area (Å²) in [5.41, 5.74) is 3.04. The molecule has 4 nitrogen and oxygen atoms in total. The van der Waals surface area contributed by atoms with Gasteiger partial charge in [-0.15, -0.1) is 0 Å². The second kappa shape index (κ2) is 7.79. The molecule has 1 unspecified atom stereocenters. The smallest absolute Gasteiger partial charge is 0.127 e. The van der Waals surface area contributed by atoms with Crippen molar-refractivity contribution in [3.8, 4) is 0 Å². The Bertz CT molecular complexity index is 380. The van der Waals surface area contributed by atoms with Gasteiger partial charge in [0.2, 0.25) is 0 Å². The molecule has 1 aromatic heterocycles. The number of nitrogens with one attached hydrogen (secondary N) is 1. The minimum Gasteiger partial charge on any atom is -0.334 e. The van der Waals surface area contributed by atoms with E-state index in [4.69, 9.17) is 5.84 Å². The van der Waals surface area contributed by atoms with Gasteiger partial charge in [-0.2, -0.15) is 0 Å². The van der Waals surface area contributed by atoms with E-state index in [0.29, 0.717) is 5.92 Å². The molecule has 0 spiro atoms. The van der Waals surface area contributed by atoms with Crippen LogP contribution >= 0.6 is 0 Å². The maximum Gasteiger partial charge on any atom is 0.127 e. The first-order chi connectivity index (χ1) is 9.80. The molecule has 0 bridgehead atoms. The van der Waals surface area contributed by atoms with Crippen LogP contribution in [0.5, 0.6) is 0 Å². The number of hydrazine groups is 1. The fourth-order valence-electron chi connectivity index (χ4n) is 3.67. The Morgan fingerprint density at radius 3 is 2.65 bits per heavy atom. The van der Waals surface area contributed by atoms with E-state index < -0.39 is 0 Å². The Kier molecular flexibility index (Phi) is 6.05. The summed E-state index contributed by atoms with van der Waals surface area (Å²) in [5.74, 6) is 8.53. The SMILES string of the molecule is CCCC1CCC(C(NN)c2nccn2CCC)CC1. The third-order valence-electron chi connectivity index (χ3n) is 4.73. The number of aryl methyl sites for hydroxylation is 1. The topological polar surface area (TPSA) is 55.9 Å². The zero-order valence-corrected chi connectivity index (χ0v) is 13.0. The molecule has 1 aliphatic carbocycles. The number of aromatic nitrogens is 2. The summed E-state index contributed by atoms with van der Waals surface area (Å²) in [5, 5.41) is 0. The largest absolute Gasteiger partial charge is 0.334 e. The lowest BCUT2D eigenvalue weighted by atomic mass is 9.77. The molecule has 1 fully saturated rings. The molecule has 1 saturated carbocycles. The Labute approximate surface area is 123 Å². The molecule has 4 heteroatoms. The van der Waals surface area contributed by atoms with Crippen molar-refractivity contribution in [2.45, 2.75) is 71.4 Å². The van der Waals surface area contributed by atoms with Gasteiger partial charge in [-0.25, -0.2) is 10.4 Å². The summed E-state index contributed by atoms with van der Waals surface area (Å²) >= 11 is 0. The maximum absolute atomic E-state index is 5.85. The average Bonchev–Trinajstić information content (AvgIpc) is 2.91. The highest BCUT2D eigenvalue weighted by Crippen LogP contribution is 2.37. The molecule has 0 aromatic carbocycles. The number of hydrogen-bond acceptors (Lipinski definition) is 3. The van der Waals surface area contributed by atoms with Crippen LogP contribution in [0, 0.1) is 11.8 Å². The molecule has 0 radical (unpaired) electrons. The number of nitrogens with zero attached hydrogens (tertiary/aromatic N) is 2. The van der Waals surface area contributed by atoms with Crippen molar-refractivity contribution in [3.63, 3.8) is 0 Å². The second-order valence-electron chi connectivity index (χ2n) is 6.19. The van der Waals surface area contributed by atoms with Crippen molar-refractivity contribution in [2.75, 3.05) is 0 Å². The fraction of sp³-hybridized carbons (Fsp3) is 0.812. The first-order valence-corrected chi connectivity index (χ1v) is 8.27. The summed E-state index contributed by atoms with van der Waals surface area (Å²) in [6.07, 6.45) is 13.1. The van der Waals surface area contributed by atoms with Crippen LogP contribution in [0.4, 0.5) is 0 Å². The van der Waals surface area contributed by atoms with Crippen LogP contribution in [0.3, 0.4) is 0 Å². The normalized spacial score (nSPS) is 24.8. The average molecular weight is 278 g/mol. The summed E-state index contributed by atoms with van der Waals surface area (Å²) in [7, 11) is 0. The molecule has 20 heavy (non-hydrogen) atoms. The van der Waals surface area contributed by atoms with Crippen LogP contribution in [0.25, 0.3) is 0 Å². The monoisotopic (exact) mass is 278 g/mol. The molecular weight excluding hydrogens is 248 g/mol. The van der Waals surface area contributed by atoms with E-state index in [1.165, 1.54) is 38.5 Å². The highest BCUT2D eigenvalue weighted by molar-refractivity contribution is 5.02. The Morgan fingerprint density at radius 2 is 2.05 bits per heavy atom. The van der Waals surface area contributed by atoms with Gasteiger partial charge in [-0.1, -0.05) is 39.5 Å². The highest BCUT2D eigenvalue weighted by Gasteiger charge is 2.30. The number of hydrogen-bond donors (Lipinski definition) is 2. The Balaban J connectivity index is 2.00. The van der Waals surface area contributed by atoms with Gasteiger partial charge >= 0.3 is 0 Å². The molecule has 114 valence electrons. The Morgan fingerprint density at radius 1 is 1.30 bits per heavy atom. The van der Waals surface area contributed by atoms with E-state index in [-0.39, 0.29) is 6.04 Å². The fourth-order valence-corrected chi connectivity index (χ4v) is 3.67. The molecule has 0 amide bonds. The predicted octanol–water partition coefficient (Wildman–Crippen LogP) is 3.40. The molecule has 1 aliphatic rings. The van der Waals surface area contributed by atoms with Crippen LogP contribution < -0.4 is 11.3 Å². The van der Waals surface area contributed by atoms with E-state index in [9.17, 15) is 0 Å². The van der Waals surface area contributed by atoms with Crippen LogP contribution in [0.2, 0.25) is 0 Å². The predicted molar refractivity (Wildman–Crippen MR) is 82.9 cm³/mol. The van der Waals surface area contributed by atoms with Crippen LogP contribution in [0.15, 0.2) is 12.4 Å². The van der Waals surface area contributed by atoms with Gasteiger partial charge < -0.3 is 4.57 Å². The summed E-state index contributed by atoms with van der Waals surface area (Å²) in [4.78, 5) is 4.56. The molecule has 0 saturated heterocycles. The molecule has 0 aliphatic heterocycles. The number of rotatable bonds is 7. The highest BCUT2D eigenvalue weighted by atomic mass is 15.3. The van der Waals surface area contributed by atoms with Crippen molar-refractivity contribution in [1.82, 2.24) is 15.0 Å². The minimum atomic E-state index is 0.208. The van der Waals surface area contributed by atoms with Gasteiger partial charge in [0, 0.05) is 18.9 Å². The molecule has 2 rings (SSSR count). The van der Waals surface area contributed by atoms with Gasteiger partial charge in [-0.05, 0) is 31.1 Å². The summed E-state index contributed by atoms with van der Waals surface area (Å²) in [6.45, 7) is 5.52. The van der Waals surface area contributed by atoms with E-state index >= 15 is 0 Å². The van der Waals surface area contributed by atoms with E-state index in [1.54, 1.807) is 0 Å². The van der Waals surface area contributed by atoms with Gasteiger partial charge in [0.25, 0.3) is 0 Å². The lowest BCUT2D eigenvalue weighted by Gasteiger charge is -2.33. The number of imidazole rings is 1. The lowest BCUT2D eigenvalue weighted by molar-refractivity contribution is 0.207. The van der Waals surface area contributed by atoms with E-state index in [2.05, 4.69) is 35.0 Å². The van der Waals surface area contributed by atoms with Crippen molar-refractivity contribution in [3.05, 3.63) is 18.2 Å². The Hall–Kier alpha value is -0.870. The third kappa shape index (κ3) is 3.61. The first kappa shape index (κ1) is 15.5. The van der Waals surface area contributed by atoms with Crippen LogP contribution in [-0.2, 0) is 6.54 Å². The lowest BCUT2D eigenvalue weighted by Crippen LogP contribution is -2.37. The van der Waals surface area contributed by atoms with Crippen LogP contribution in [-0.4, -0.2) is 9.55 Å². The van der Waals surface area contributed by atoms with E-state index in [0.717, 1.165) is 24.7 Å². The van der Waals surface area contributed by atoms with Gasteiger partial charge in [0.05, 0.1) is 6.04 Å². The van der Waals surface area contributed by atoms with Crippen molar-refractivity contribution in [2.24, 2.45) is 17.7 Å². The molecule has 1 aromatic rings. The maximum atomic E-state index is 5.85. The van der Waals surface area contributed by atoms with Crippen molar-refractivity contribution >= 4 is 0 Å². The van der Waals surface area contributed by atoms with Gasteiger partial charge in [0.15, 0.2) is 0 Å². The van der Waals surface area contributed by atoms with Crippen molar-refractivity contribution in [1.29, 1.82) is 0 Å². The molecular formula is C16H30N4. The quantitative estimate of drug-likeness (QED) is 0.593. The summed E-state index contributed by atoms with van der Waals surface area (Å²) in [6, 6.07) is 0.208. The van der Waals surface area contributed by atoms with Gasteiger partial charge in [-0.3, -0.25) is 5.84 Å². The van der Waals surface area contributed by atoms with Crippen molar-refractivity contribution < 1.29 is 0 Å². The standard InChI is InChI=1S/C16H30N4/c1-3-5-13-6-8-14(9-7-13)15(19-17)16-18-10-12-20(16)11-4-2/h10,12-15,19H,3-9,11,17H2,1-2H3. The summed E-state index contributed by atoms with van der Waals surface area (Å²) < 4.78 is 2.25. The van der Waals surface area contributed by atoms with Gasteiger partial charge in [0.1, 0.15) is 5.82 Å². The zero-order chi connectivity index (χ0) is 14.4. The molecule has 3 N–H and O–H groups in total. The molecule has 1 heterocycles. The molecule has 1 atom stereocenters. The third-order valence-corrected chi connectivity index (χ3v) is 4.73. The number of nitrogens with two attached hydrogens (primary N) is 1. The zero-order valence-electron chi connectivity index (χ0n) is 13.0.